The van der Waals surface area contributed by atoms with E-state index >= 15 is 0 Å². The van der Waals surface area contributed by atoms with E-state index in [4.69, 9.17) is 44.3 Å². The molecule has 0 aliphatic carbocycles. The van der Waals surface area contributed by atoms with Crippen LogP contribution in [0.15, 0.2) is 53.0 Å². The Morgan fingerprint density at radius 2 is 1.58 bits per heavy atom. The molecule has 2 aromatic rings. The van der Waals surface area contributed by atoms with E-state index in [9.17, 15) is 4.79 Å². The second-order valence-corrected chi connectivity index (χ2v) is 7.98. The van der Waals surface area contributed by atoms with Crippen LogP contribution in [0.2, 0.25) is 0 Å². The summed E-state index contributed by atoms with van der Waals surface area (Å²) in [5, 5.41) is 2.56. The van der Waals surface area contributed by atoms with Crippen LogP contribution in [0, 0.1) is 0 Å². The predicted molar refractivity (Wildman–Crippen MR) is 99.3 cm³/mol. The van der Waals surface area contributed by atoms with Crippen molar-refractivity contribution in [3.63, 3.8) is 0 Å². The molecule has 0 bridgehead atoms. The number of hydrogen-bond donors (Lipinski definition) is 1. The summed E-state index contributed by atoms with van der Waals surface area (Å²) in [6.45, 7) is 0. The van der Waals surface area contributed by atoms with E-state index < -0.39 is 15.9 Å². The molecule has 0 unspecified atom stereocenters. The number of rotatable bonds is 5. The monoisotopic (exact) mass is 451 g/mol. The molecule has 0 fully saturated rings. The van der Waals surface area contributed by atoms with Crippen molar-refractivity contribution >= 4 is 56.6 Å². The van der Waals surface area contributed by atoms with E-state index in [1.807, 2.05) is 0 Å². The molecule has 128 valence electrons. The second-order valence-electron chi connectivity index (χ2n) is 4.70. The fraction of sp³-hybridized carbons (Fsp3) is 0.188. The van der Waals surface area contributed by atoms with Crippen LogP contribution in [0.4, 0.5) is 0 Å². The van der Waals surface area contributed by atoms with Crippen molar-refractivity contribution < 1.29 is 14.3 Å². The summed E-state index contributed by atoms with van der Waals surface area (Å²) in [5.74, 6) is 0.645. The van der Waals surface area contributed by atoms with Gasteiger partial charge in [0.05, 0.1) is 7.11 Å². The van der Waals surface area contributed by atoms with E-state index in [1.165, 1.54) is 0 Å². The number of ether oxygens (including phenoxy) is 2. The molecule has 0 spiro atoms. The van der Waals surface area contributed by atoms with Gasteiger partial charge in [0, 0.05) is 10.0 Å². The summed E-state index contributed by atoms with van der Waals surface area (Å²) in [4.78, 5) is 12.3. The van der Waals surface area contributed by atoms with Gasteiger partial charge >= 0.3 is 0 Å². The first-order valence-electron chi connectivity index (χ1n) is 6.73. The molecule has 2 aromatic carbocycles. The van der Waals surface area contributed by atoms with Crippen molar-refractivity contribution in [1.29, 1.82) is 0 Å². The minimum Gasteiger partial charge on any atom is -0.497 e. The maximum absolute atomic E-state index is 12.3. The van der Waals surface area contributed by atoms with Crippen molar-refractivity contribution in [2.75, 3.05) is 7.11 Å². The zero-order valence-electron chi connectivity index (χ0n) is 12.4. The number of halogens is 4. The first kappa shape index (κ1) is 19.2. The second kappa shape index (κ2) is 8.30. The smallest absolute Gasteiger partial charge is 0.254 e. The molecule has 2 rings (SSSR count). The van der Waals surface area contributed by atoms with Gasteiger partial charge in [-0.25, -0.2) is 0 Å². The normalized spacial score (nSPS) is 12.4. The van der Waals surface area contributed by atoms with Gasteiger partial charge in [-0.3, -0.25) is 4.79 Å². The first-order chi connectivity index (χ1) is 11.3. The van der Waals surface area contributed by atoms with E-state index in [-0.39, 0.29) is 0 Å². The number of carbonyl (C=O) groups is 1. The minimum atomic E-state index is -1.85. The van der Waals surface area contributed by atoms with Crippen molar-refractivity contribution in [3.05, 3.63) is 58.6 Å². The number of methoxy groups -OCH3 is 1. The summed E-state index contributed by atoms with van der Waals surface area (Å²) < 4.78 is 9.67. The van der Waals surface area contributed by atoms with Crippen LogP contribution in [0.3, 0.4) is 0 Å². The molecule has 24 heavy (non-hydrogen) atoms. The minimum absolute atomic E-state index is 0.384. The molecular weight excluding hydrogens is 440 g/mol. The van der Waals surface area contributed by atoms with Crippen molar-refractivity contribution in [1.82, 2.24) is 5.32 Å². The Hall–Kier alpha value is -1.14. The van der Waals surface area contributed by atoms with E-state index in [2.05, 4.69) is 21.2 Å². The summed E-state index contributed by atoms with van der Waals surface area (Å²) in [7, 11) is 1.54. The maximum Gasteiger partial charge on any atom is 0.254 e. The Balaban J connectivity index is 2.13. The van der Waals surface area contributed by atoms with Crippen LogP contribution in [0.25, 0.3) is 0 Å². The van der Waals surface area contributed by atoms with Gasteiger partial charge in [0.1, 0.15) is 11.5 Å². The van der Waals surface area contributed by atoms with Gasteiger partial charge in [-0.2, -0.15) is 0 Å². The highest BCUT2D eigenvalue weighted by atomic mass is 79.9. The average Bonchev–Trinajstić information content (AvgIpc) is 2.55. The van der Waals surface area contributed by atoms with Gasteiger partial charge in [0.2, 0.25) is 10.0 Å². The SMILES string of the molecule is COc1ccc(C(=O)N[C@@H](Oc2ccc(Br)cc2)C(Cl)(Cl)Cl)cc1. The standard InChI is InChI=1S/C16H13BrCl3NO3/c1-23-12-6-2-10(3-7-12)14(22)21-15(16(18,19)20)24-13-8-4-11(17)5-9-13/h2-9,15H,1H3,(H,21,22)/t15-/m0/s1. The molecule has 0 saturated heterocycles. The average molecular weight is 454 g/mol. The molecule has 8 heteroatoms. The topological polar surface area (TPSA) is 47.6 Å². The van der Waals surface area contributed by atoms with Crippen molar-refractivity contribution in [2.24, 2.45) is 0 Å². The van der Waals surface area contributed by atoms with Crippen LogP contribution >= 0.6 is 50.7 Å². The number of nitrogens with one attached hydrogen (secondary N) is 1. The third-order valence-corrected chi connectivity index (χ3v) is 4.10. The fourth-order valence-electron chi connectivity index (χ4n) is 1.77. The highest BCUT2D eigenvalue weighted by Crippen LogP contribution is 2.32. The lowest BCUT2D eigenvalue weighted by molar-refractivity contribution is 0.0833. The van der Waals surface area contributed by atoms with Crippen LogP contribution in [-0.2, 0) is 0 Å². The maximum atomic E-state index is 12.3. The van der Waals surface area contributed by atoms with Crippen molar-refractivity contribution in [3.8, 4) is 11.5 Å². The summed E-state index contributed by atoms with van der Waals surface area (Å²) in [6.07, 6.45) is -1.17. The molecule has 0 saturated carbocycles. The molecule has 1 N–H and O–H groups in total. The lowest BCUT2D eigenvalue weighted by Crippen LogP contribution is -2.47. The number of hydrogen-bond acceptors (Lipinski definition) is 3. The summed E-state index contributed by atoms with van der Waals surface area (Å²) in [6, 6.07) is 13.4. The highest BCUT2D eigenvalue weighted by molar-refractivity contribution is 9.10. The van der Waals surface area contributed by atoms with E-state index in [1.54, 1.807) is 55.6 Å². The number of carbonyl (C=O) groups excluding carboxylic acids is 1. The Kier molecular flexibility index (Phi) is 6.63. The number of amides is 1. The lowest BCUT2D eigenvalue weighted by Gasteiger charge is -2.26. The molecule has 1 amide bonds. The zero-order chi connectivity index (χ0) is 17.7. The van der Waals surface area contributed by atoms with Gasteiger partial charge in [-0.05, 0) is 48.5 Å². The highest BCUT2D eigenvalue weighted by Gasteiger charge is 2.36. The molecule has 4 nitrogen and oxygen atoms in total. The quantitative estimate of drug-likeness (QED) is 0.514. The Morgan fingerprint density at radius 3 is 2.08 bits per heavy atom. The molecule has 0 aliphatic heterocycles. The fourth-order valence-corrected chi connectivity index (χ4v) is 2.33. The zero-order valence-corrected chi connectivity index (χ0v) is 16.3. The molecule has 0 heterocycles. The lowest BCUT2D eigenvalue weighted by atomic mass is 10.2. The van der Waals surface area contributed by atoms with Gasteiger partial charge in [0.15, 0.2) is 0 Å². The predicted octanol–water partition coefficient (Wildman–Crippen LogP) is 4.96. The molecular formula is C16H13BrCl3NO3. The summed E-state index contributed by atoms with van der Waals surface area (Å²) >= 11 is 21.1. The summed E-state index contributed by atoms with van der Waals surface area (Å²) in [5.41, 5.74) is 0.384. The number of benzene rings is 2. The Morgan fingerprint density at radius 1 is 1.04 bits per heavy atom. The van der Waals surface area contributed by atoms with Gasteiger partial charge < -0.3 is 14.8 Å². The number of alkyl halides is 3. The first-order valence-corrected chi connectivity index (χ1v) is 8.66. The molecule has 1 atom stereocenters. The van der Waals surface area contributed by atoms with Crippen LogP contribution in [0.1, 0.15) is 10.4 Å². The van der Waals surface area contributed by atoms with Gasteiger partial charge in [-0.15, -0.1) is 0 Å². The van der Waals surface area contributed by atoms with Crippen molar-refractivity contribution in [2.45, 2.75) is 10.0 Å². The van der Waals surface area contributed by atoms with Crippen LogP contribution < -0.4 is 14.8 Å². The molecule has 0 radical (unpaired) electrons. The molecule has 0 aliphatic rings. The third-order valence-electron chi connectivity index (χ3n) is 2.98. The Bertz CT molecular complexity index is 687. The van der Waals surface area contributed by atoms with E-state index in [0.717, 1.165) is 4.47 Å². The van der Waals surface area contributed by atoms with Crippen LogP contribution in [-0.4, -0.2) is 23.0 Å². The third kappa shape index (κ3) is 5.45. The van der Waals surface area contributed by atoms with E-state index in [0.29, 0.717) is 17.1 Å². The largest absolute Gasteiger partial charge is 0.497 e. The Labute approximate surface area is 163 Å². The molecule has 0 aromatic heterocycles. The van der Waals surface area contributed by atoms with Crippen LogP contribution in [0.5, 0.6) is 11.5 Å². The van der Waals surface area contributed by atoms with Gasteiger partial charge in [0.25, 0.3) is 5.91 Å². The van der Waals surface area contributed by atoms with Gasteiger partial charge in [-0.1, -0.05) is 50.7 Å².